The van der Waals surface area contributed by atoms with E-state index in [9.17, 15) is 9.90 Å². The van der Waals surface area contributed by atoms with Crippen LogP contribution in [-0.2, 0) is 6.42 Å². The van der Waals surface area contributed by atoms with Crippen LogP contribution < -0.4 is 10.2 Å². The molecule has 3 aromatic rings. The zero-order valence-electron chi connectivity index (χ0n) is 14.7. The first-order valence-corrected chi connectivity index (χ1v) is 8.56. The third-order valence-electron chi connectivity index (χ3n) is 4.28. The molecule has 2 N–H and O–H groups in total. The number of hydrogen-bond acceptors (Lipinski definition) is 2. The number of nitrogens with one attached hydrogen (secondary N) is 1. The summed E-state index contributed by atoms with van der Waals surface area (Å²) in [5, 5.41) is 13.4. The Balaban J connectivity index is 1.76. The number of carbonyl (C=O) groups excluding carboxylic acids is 1. The van der Waals surface area contributed by atoms with Crippen molar-refractivity contribution in [3.05, 3.63) is 96.1 Å². The lowest BCUT2D eigenvalue weighted by molar-refractivity contribution is 0.178. The van der Waals surface area contributed by atoms with Gasteiger partial charge in [-0.3, -0.25) is 4.90 Å². The van der Waals surface area contributed by atoms with Crippen molar-refractivity contribution in [1.29, 1.82) is 0 Å². The van der Waals surface area contributed by atoms with Gasteiger partial charge in [0.1, 0.15) is 0 Å². The fourth-order valence-corrected chi connectivity index (χ4v) is 2.85. The molecule has 0 aromatic heterocycles. The standard InChI is InChI=1S/C22H22N2O2/c1-24(22(26)23-19-13-6-3-7-14-19)20-15-9-8-12-18(20)16-21(25)17-10-4-2-5-11-17/h2-15,21,25H,16H2,1H3,(H,23,26). The van der Waals surface area contributed by atoms with E-state index in [4.69, 9.17) is 0 Å². The molecule has 0 saturated carbocycles. The topological polar surface area (TPSA) is 52.6 Å². The molecule has 26 heavy (non-hydrogen) atoms. The second kappa shape index (κ2) is 8.32. The number of nitrogens with zero attached hydrogens (tertiary/aromatic N) is 1. The van der Waals surface area contributed by atoms with Gasteiger partial charge in [0, 0.05) is 24.8 Å². The summed E-state index contributed by atoms with van der Waals surface area (Å²) in [5.74, 6) is 0. The highest BCUT2D eigenvalue weighted by molar-refractivity contribution is 6.01. The number of amides is 2. The van der Waals surface area contributed by atoms with Gasteiger partial charge >= 0.3 is 6.03 Å². The summed E-state index contributed by atoms with van der Waals surface area (Å²) < 4.78 is 0. The lowest BCUT2D eigenvalue weighted by Crippen LogP contribution is -2.32. The second-order valence-corrected chi connectivity index (χ2v) is 6.11. The molecule has 0 spiro atoms. The van der Waals surface area contributed by atoms with E-state index in [1.807, 2.05) is 84.9 Å². The molecule has 3 rings (SSSR count). The van der Waals surface area contributed by atoms with E-state index < -0.39 is 6.10 Å². The van der Waals surface area contributed by atoms with Gasteiger partial charge in [0.25, 0.3) is 0 Å². The molecule has 1 atom stereocenters. The van der Waals surface area contributed by atoms with Gasteiger partial charge in [-0.1, -0.05) is 66.7 Å². The minimum atomic E-state index is -0.622. The highest BCUT2D eigenvalue weighted by Gasteiger charge is 2.17. The largest absolute Gasteiger partial charge is 0.388 e. The lowest BCUT2D eigenvalue weighted by atomic mass is 10.00. The molecule has 0 bridgehead atoms. The van der Waals surface area contributed by atoms with Crippen molar-refractivity contribution in [2.45, 2.75) is 12.5 Å². The molecule has 2 amide bonds. The molecule has 0 aliphatic carbocycles. The van der Waals surface area contributed by atoms with Crippen LogP contribution in [0.1, 0.15) is 17.2 Å². The number of urea groups is 1. The SMILES string of the molecule is CN(C(=O)Nc1ccccc1)c1ccccc1CC(O)c1ccccc1. The minimum Gasteiger partial charge on any atom is -0.388 e. The fourth-order valence-electron chi connectivity index (χ4n) is 2.85. The first kappa shape index (κ1) is 17.7. The van der Waals surface area contributed by atoms with Gasteiger partial charge in [-0.15, -0.1) is 0 Å². The molecule has 0 radical (unpaired) electrons. The predicted octanol–water partition coefficient (Wildman–Crippen LogP) is 4.63. The minimum absolute atomic E-state index is 0.224. The molecule has 4 heteroatoms. The van der Waals surface area contributed by atoms with E-state index in [1.165, 1.54) is 0 Å². The van der Waals surface area contributed by atoms with Gasteiger partial charge < -0.3 is 10.4 Å². The van der Waals surface area contributed by atoms with Crippen LogP contribution in [0.25, 0.3) is 0 Å². The van der Waals surface area contributed by atoms with E-state index in [1.54, 1.807) is 11.9 Å². The van der Waals surface area contributed by atoms with Crippen LogP contribution in [0, 0.1) is 0 Å². The lowest BCUT2D eigenvalue weighted by Gasteiger charge is -2.22. The number of para-hydroxylation sites is 2. The maximum absolute atomic E-state index is 12.6. The molecule has 0 aliphatic rings. The third-order valence-corrected chi connectivity index (χ3v) is 4.28. The number of aliphatic hydroxyl groups is 1. The molecular weight excluding hydrogens is 324 g/mol. The Hall–Kier alpha value is -3.11. The molecule has 4 nitrogen and oxygen atoms in total. The Morgan fingerprint density at radius 3 is 2.19 bits per heavy atom. The monoisotopic (exact) mass is 346 g/mol. The first-order valence-electron chi connectivity index (χ1n) is 8.56. The van der Waals surface area contributed by atoms with Crippen molar-refractivity contribution in [1.82, 2.24) is 0 Å². The van der Waals surface area contributed by atoms with Gasteiger partial charge in [-0.2, -0.15) is 0 Å². The Bertz CT molecular complexity index is 850. The average Bonchev–Trinajstić information content (AvgIpc) is 2.69. The molecule has 0 aliphatic heterocycles. The van der Waals surface area contributed by atoms with Crippen LogP contribution in [0.15, 0.2) is 84.9 Å². The predicted molar refractivity (Wildman–Crippen MR) is 105 cm³/mol. The van der Waals surface area contributed by atoms with Crippen molar-refractivity contribution < 1.29 is 9.90 Å². The number of anilines is 2. The summed E-state index contributed by atoms with van der Waals surface area (Å²) in [6.45, 7) is 0. The maximum Gasteiger partial charge on any atom is 0.326 e. The Morgan fingerprint density at radius 2 is 1.50 bits per heavy atom. The van der Waals surface area contributed by atoms with Gasteiger partial charge in [0.15, 0.2) is 0 Å². The normalized spacial score (nSPS) is 11.6. The fraction of sp³-hybridized carbons (Fsp3) is 0.136. The van der Waals surface area contributed by atoms with E-state index in [2.05, 4.69) is 5.32 Å². The van der Waals surface area contributed by atoms with Crippen LogP contribution in [-0.4, -0.2) is 18.2 Å². The zero-order valence-corrected chi connectivity index (χ0v) is 14.7. The number of hydrogen-bond donors (Lipinski definition) is 2. The van der Waals surface area contributed by atoms with E-state index >= 15 is 0 Å². The summed E-state index contributed by atoms with van der Waals surface area (Å²) in [7, 11) is 1.73. The average molecular weight is 346 g/mol. The van der Waals surface area contributed by atoms with Gasteiger partial charge in [-0.25, -0.2) is 4.79 Å². The molecule has 0 saturated heterocycles. The van der Waals surface area contributed by atoms with Crippen molar-refractivity contribution in [2.75, 3.05) is 17.3 Å². The Labute approximate surface area is 153 Å². The van der Waals surface area contributed by atoms with Crippen LogP contribution >= 0.6 is 0 Å². The summed E-state index contributed by atoms with van der Waals surface area (Å²) in [6.07, 6.45) is -0.189. The molecule has 0 heterocycles. The second-order valence-electron chi connectivity index (χ2n) is 6.11. The van der Waals surface area contributed by atoms with Crippen LogP contribution in [0.5, 0.6) is 0 Å². The Kier molecular flexibility index (Phi) is 5.66. The molecule has 0 fully saturated rings. The smallest absolute Gasteiger partial charge is 0.326 e. The van der Waals surface area contributed by atoms with Crippen molar-refractivity contribution in [2.24, 2.45) is 0 Å². The quantitative estimate of drug-likeness (QED) is 0.707. The molecule has 1 unspecified atom stereocenters. The first-order chi connectivity index (χ1) is 12.6. The number of aliphatic hydroxyl groups excluding tert-OH is 1. The highest BCUT2D eigenvalue weighted by Crippen LogP contribution is 2.26. The summed E-state index contributed by atoms with van der Waals surface area (Å²) in [4.78, 5) is 14.1. The highest BCUT2D eigenvalue weighted by atomic mass is 16.3. The Morgan fingerprint density at radius 1 is 0.923 bits per heavy atom. The third kappa shape index (κ3) is 4.29. The number of rotatable bonds is 5. The van der Waals surface area contributed by atoms with Crippen LogP contribution in [0.3, 0.4) is 0 Å². The van der Waals surface area contributed by atoms with Gasteiger partial charge in [0.05, 0.1) is 6.10 Å². The summed E-state index contributed by atoms with van der Waals surface area (Å²) in [5.41, 5.74) is 3.29. The number of carbonyl (C=O) groups is 1. The summed E-state index contributed by atoms with van der Waals surface area (Å²) in [6, 6.07) is 26.3. The molecule has 3 aromatic carbocycles. The summed E-state index contributed by atoms with van der Waals surface area (Å²) >= 11 is 0. The van der Waals surface area contributed by atoms with Crippen molar-refractivity contribution in [3.8, 4) is 0 Å². The van der Waals surface area contributed by atoms with Crippen LogP contribution in [0.2, 0.25) is 0 Å². The zero-order chi connectivity index (χ0) is 18.4. The van der Waals surface area contributed by atoms with Crippen LogP contribution in [0.4, 0.5) is 16.2 Å². The molecular formula is C22H22N2O2. The van der Waals surface area contributed by atoms with E-state index in [-0.39, 0.29) is 6.03 Å². The van der Waals surface area contributed by atoms with Crippen molar-refractivity contribution >= 4 is 17.4 Å². The number of benzene rings is 3. The van der Waals surface area contributed by atoms with Gasteiger partial charge in [0.2, 0.25) is 0 Å². The van der Waals surface area contributed by atoms with Crippen molar-refractivity contribution in [3.63, 3.8) is 0 Å². The van der Waals surface area contributed by atoms with E-state index in [0.29, 0.717) is 6.42 Å². The van der Waals surface area contributed by atoms with E-state index in [0.717, 1.165) is 22.5 Å². The molecule has 132 valence electrons. The maximum atomic E-state index is 12.6. The van der Waals surface area contributed by atoms with Gasteiger partial charge in [-0.05, 0) is 29.3 Å².